The number of ether oxygens (including phenoxy) is 3. The van der Waals surface area contributed by atoms with Crippen LogP contribution < -0.4 is 0 Å². The summed E-state index contributed by atoms with van der Waals surface area (Å²) in [6, 6.07) is 0. The van der Waals surface area contributed by atoms with Gasteiger partial charge in [-0.15, -0.1) is 0 Å². The first-order chi connectivity index (χ1) is 22.7. The third-order valence-electron chi connectivity index (χ3n) is 15.8. The van der Waals surface area contributed by atoms with Crippen LogP contribution in [-0.2, 0) is 23.8 Å². The summed E-state index contributed by atoms with van der Waals surface area (Å²) in [5.74, 6) is -2.19. The second kappa shape index (κ2) is 11.9. The molecule has 6 aliphatic rings. The van der Waals surface area contributed by atoms with Crippen LogP contribution in [0.1, 0.15) is 92.9 Å². The number of fused-ring (bicyclic) bond motifs is 7. The van der Waals surface area contributed by atoms with Crippen molar-refractivity contribution in [3.8, 4) is 0 Å². The molecule has 0 amide bonds. The minimum Gasteiger partial charge on any atom is -0.469 e. The SMILES string of the molecule is COC(=O)[C@]1(C)[C@@H]2CC[C@]3(C)[C@H](CC=C4[C@H]5[C@](C(=O)O[C@@H]6O[C@H](CO)[C@@H](O)[C@H](O)[C@H]6O)(CC[C@@H](C)[C@@]5(C)O)CC[C@]43C)[C@@]2(C)C[C@@H](O)[C@@H]1O. The smallest absolute Gasteiger partial charge is 0.315 e. The summed E-state index contributed by atoms with van der Waals surface area (Å²) in [7, 11) is 1.32. The summed E-state index contributed by atoms with van der Waals surface area (Å²) in [4.78, 5) is 27.8. The molecule has 4 saturated carbocycles. The number of allylic oxidation sites excluding steroid dienone is 1. The van der Waals surface area contributed by atoms with Gasteiger partial charge in [0.2, 0.25) is 6.29 Å². The van der Waals surface area contributed by atoms with Gasteiger partial charge >= 0.3 is 11.9 Å². The predicted molar refractivity (Wildman–Crippen MR) is 174 cm³/mol. The Kier molecular flexibility index (Phi) is 9.05. The Morgan fingerprint density at radius 2 is 1.57 bits per heavy atom. The molecule has 0 aromatic heterocycles. The maximum absolute atomic E-state index is 14.5. The number of hydrogen-bond acceptors (Lipinski definition) is 12. The normalized spacial score (nSPS) is 55.5. The summed E-state index contributed by atoms with van der Waals surface area (Å²) in [5, 5.41) is 76.0. The van der Waals surface area contributed by atoms with E-state index in [1.165, 1.54) is 7.11 Å². The fourth-order valence-corrected chi connectivity index (χ4v) is 12.5. The number of carbonyl (C=O) groups excluding carboxylic acids is 2. The topological polar surface area (TPSA) is 203 Å². The Bertz CT molecular complexity index is 1360. The maximum atomic E-state index is 14.5. The highest BCUT2D eigenvalue weighted by molar-refractivity contribution is 5.80. The molecule has 6 rings (SSSR count). The lowest BCUT2D eigenvalue weighted by molar-refractivity contribution is -0.299. The number of methoxy groups -OCH3 is 1. The van der Waals surface area contributed by atoms with Crippen molar-refractivity contribution in [3.63, 3.8) is 0 Å². The van der Waals surface area contributed by atoms with Gasteiger partial charge in [0.25, 0.3) is 0 Å². The molecule has 0 unspecified atom stereocenters. The summed E-state index contributed by atoms with van der Waals surface area (Å²) in [6.45, 7) is 11.5. The summed E-state index contributed by atoms with van der Waals surface area (Å²) in [5.41, 5.74) is -4.13. The lowest BCUT2D eigenvalue weighted by Crippen LogP contribution is -2.70. The summed E-state index contributed by atoms with van der Waals surface area (Å²) in [6.07, 6.45) is -3.82. The number of aliphatic hydroxyl groups excluding tert-OH is 6. The molecule has 1 heterocycles. The Morgan fingerprint density at radius 1 is 0.898 bits per heavy atom. The minimum absolute atomic E-state index is 0.0122. The molecule has 1 aliphatic heterocycles. The van der Waals surface area contributed by atoms with E-state index in [2.05, 4.69) is 26.8 Å². The number of aliphatic hydroxyl groups is 7. The standard InChI is InChI=1S/C37H58O12/c1-18-10-13-37(31(45)49-29-26(42)25(41)24(40)21(17-38)48-29)15-14-33(3)19(27(37)36(18,6)46)8-9-22-32(2)16-20(39)28(43)35(5,30(44)47-7)23(32)11-12-34(22,33)4/h8,18,20-29,38-43,46H,9-17H2,1-7H3/t18-,20-,21-,22-,23-,24-,25+,26-,27-,28+,29+,32-,33-,34-,35-,36-,37+/m1/s1. The molecule has 5 fully saturated rings. The largest absolute Gasteiger partial charge is 0.469 e. The predicted octanol–water partition coefficient (Wildman–Crippen LogP) is 1.59. The molecule has 0 aromatic carbocycles. The van der Waals surface area contributed by atoms with Gasteiger partial charge in [-0.25, -0.2) is 0 Å². The van der Waals surface area contributed by atoms with Crippen LogP contribution in [0.4, 0.5) is 0 Å². The fraction of sp³-hybridized carbons (Fsp3) is 0.892. The average molecular weight is 695 g/mol. The highest BCUT2D eigenvalue weighted by Gasteiger charge is 2.73. The van der Waals surface area contributed by atoms with E-state index in [0.717, 1.165) is 12.0 Å². The zero-order chi connectivity index (χ0) is 36.3. The molecule has 0 radical (unpaired) electrons. The van der Waals surface area contributed by atoms with Crippen LogP contribution in [0.25, 0.3) is 0 Å². The van der Waals surface area contributed by atoms with Gasteiger partial charge < -0.3 is 50.0 Å². The first-order valence-corrected chi connectivity index (χ1v) is 18.1. The van der Waals surface area contributed by atoms with Gasteiger partial charge in [-0.05, 0) is 99.2 Å². The van der Waals surface area contributed by atoms with Gasteiger partial charge in [0.15, 0.2) is 0 Å². The van der Waals surface area contributed by atoms with Crippen LogP contribution in [0, 0.1) is 50.7 Å². The molecule has 7 N–H and O–H groups in total. The van der Waals surface area contributed by atoms with Crippen LogP contribution in [-0.4, -0.2) is 110 Å². The van der Waals surface area contributed by atoms with Gasteiger partial charge in [-0.3, -0.25) is 9.59 Å². The molecule has 278 valence electrons. The molecule has 1 saturated heterocycles. The number of hydrogen-bond donors (Lipinski definition) is 7. The van der Waals surface area contributed by atoms with Crippen LogP contribution >= 0.6 is 0 Å². The van der Waals surface area contributed by atoms with E-state index < -0.39 is 94.6 Å². The Morgan fingerprint density at radius 3 is 2.20 bits per heavy atom. The molecule has 5 aliphatic carbocycles. The van der Waals surface area contributed by atoms with Crippen molar-refractivity contribution in [3.05, 3.63) is 11.6 Å². The summed E-state index contributed by atoms with van der Waals surface area (Å²) >= 11 is 0. The molecule has 0 spiro atoms. The molecular weight excluding hydrogens is 636 g/mol. The van der Waals surface area contributed by atoms with Crippen LogP contribution in [0.2, 0.25) is 0 Å². The van der Waals surface area contributed by atoms with Crippen LogP contribution in [0.5, 0.6) is 0 Å². The minimum atomic E-state index is -1.74. The third kappa shape index (κ3) is 4.77. The first-order valence-electron chi connectivity index (χ1n) is 18.1. The van der Waals surface area contributed by atoms with Crippen molar-refractivity contribution in [2.45, 2.75) is 141 Å². The van der Waals surface area contributed by atoms with E-state index >= 15 is 0 Å². The highest BCUT2D eigenvalue weighted by Crippen LogP contribution is 2.76. The van der Waals surface area contributed by atoms with E-state index in [-0.39, 0.29) is 23.2 Å². The highest BCUT2D eigenvalue weighted by atomic mass is 16.7. The molecule has 49 heavy (non-hydrogen) atoms. The van der Waals surface area contributed by atoms with E-state index in [0.29, 0.717) is 44.9 Å². The Labute approximate surface area is 288 Å². The molecule has 17 atom stereocenters. The monoisotopic (exact) mass is 694 g/mol. The van der Waals surface area contributed by atoms with E-state index in [1.807, 2.05) is 6.92 Å². The fourth-order valence-electron chi connectivity index (χ4n) is 12.5. The Hall–Kier alpha value is -1.64. The average Bonchev–Trinajstić information content (AvgIpc) is 3.05. The van der Waals surface area contributed by atoms with Crippen LogP contribution in [0.15, 0.2) is 11.6 Å². The van der Waals surface area contributed by atoms with Crippen molar-refractivity contribution in [2.24, 2.45) is 50.7 Å². The number of rotatable bonds is 4. The molecule has 12 heteroatoms. The van der Waals surface area contributed by atoms with Crippen molar-refractivity contribution in [2.75, 3.05) is 13.7 Å². The molecular formula is C37H58O12. The van der Waals surface area contributed by atoms with E-state index in [1.54, 1.807) is 13.8 Å². The second-order valence-corrected chi connectivity index (χ2v) is 17.6. The van der Waals surface area contributed by atoms with Crippen molar-refractivity contribution < 1.29 is 59.5 Å². The van der Waals surface area contributed by atoms with E-state index in [9.17, 15) is 45.3 Å². The lowest BCUT2D eigenvalue weighted by Gasteiger charge is -2.71. The van der Waals surface area contributed by atoms with Gasteiger partial charge in [-0.2, -0.15) is 0 Å². The van der Waals surface area contributed by atoms with Crippen molar-refractivity contribution >= 4 is 11.9 Å². The second-order valence-electron chi connectivity index (χ2n) is 17.6. The third-order valence-corrected chi connectivity index (χ3v) is 15.8. The first kappa shape index (κ1) is 37.1. The zero-order valence-corrected chi connectivity index (χ0v) is 30.0. The number of esters is 2. The van der Waals surface area contributed by atoms with Gasteiger partial charge in [0, 0.05) is 5.92 Å². The molecule has 0 bridgehead atoms. The molecule has 12 nitrogen and oxygen atoms in total. The van der Waals surface area contributed by atoms with Gasteiger partial charge in [-0.1, -0.05) is 39.3 Å². The van der Waals surface area contributed by atoms with Crippen LogP contribution in [0.3, 0.4) is 0 Å². The maximum Gasteiger partial charge on any atom is 0.315 e. The molecule has 0 aromatic rings. The van der Waals surface area contributed by atoms with Crippen molar-refractivity contribution in [1.82, 2.24) is 0 Å². The Balaban J connectivity index is 1.40. The number of carbonyl (C=O) groups is 2. The lowest BCUT2D eigenvalue weighted by atomic mass is 9.33. The van der Waals surface area contributed by atoms with Crippen molar-refractivity contribution in [1.29, 1.82) is 0 Å². The zero-order valence-electron chi connectivity index (χ0n) is 30.0. The summed E-state index contributed by atoms with van der Waals surface area (Å²) < 4.78 is 16.7. The van der Waals surface area contributed by atoms with Gasteiger partial charge in [0.05, 0.1) is 42.4 Å². The quantitative estimate of drug-likeness (QED) is 0.166. The van der Waals surface area contributed by atoms with Gasteiger partial charge in [0.1, 0.15) is 24.4 Å². The van der Waals surface area contributed by atoms with E-state index in [4.69, 9.17) is 14.2 Å².